The van der Waals surface area contributed by atoms with Crippen molar-refractivity contribution in [3.63, 3.8) is 0 Å². The van der Waals surface area contributed by atoms with E-state index in [1.807, 2.05) is 52.0 Å². The van der Waals surface area contributed by atoms with E-state index in [9.17, 15) is 9.59 Å². The van der Waals surface area contributed by atoms with Crippen LogP contribution in [-0.2, 0) is 16.1 Å². The number of hydrogen-bond acceptors (Lipinski definition) is 5. The number of carbonyl (C=O) groups excluding carboxylic acids is 2. The first-order chi connectivity index (χ1) is 13.6. The number of fused-ring (bicyclic) bond motifs is 1. The molecule has 0 spiro atoms. The first-order valence-electron chi connectivity index (χ1n) is 9.91. The Bertz CT molecular complexity index is 898. The first-order valence-corrected chi connectivity index (χ1v) is 10.7. The van der Waals surface area contributed by atoms with E-state index in [2.05, 4.69) is 10.6 Å². The van der Waals surface area contributed by atoms with Crippen LogP contribution in [0.2, 0.25) is 0 Å². The molecule has 3 rings (SSSR count). The van der Waals surface area contributed by atoms with Crippen molar-refractivity contribution in [2.45, 2.75) is 58.3 Å². The Morgan fingerprint density at radius 2 is 1.86 bits per heavy atom. The van der Waals surface area contributed by atoms with Gasteiger partial charge in [0.05, 0.1) is 17.0 Å². The van der Waals surface area contributed by atoms with E-state index in [-0.39, 0.29) is 5.91 Å². The normalized spacial score (nSPS) is 16.3. The van der Waals surface area contributed by atoms with Crippen molar-refractivity contribution in [3.8, 4) is 0 Å². The van der Waals surface area contributed by atoms with Crippen molar-refractivity contribution in [1.29, 1.82) is 0 Å². The van der Waals surface area contributed by atoms with Crippen molar-refractivity contribution >= 4 is 33.4 Å². The summed E-state index contributed by atoms with van der Waals surface area (Å²) in [6.45, 7) is 8.17. The van der Waals surface area contributed by atoms with Crippen LogP contribution in [0.3, 0.4) is 0 Å². The second-order valence-corrected chi connectivity index (χ2v) is 9.89. The molecule has 1 atom stereocenters. The molecule has 1 fully saturated rings. The van der Waals surface area contributed by atoms with Crippen molar-refractivity contribution in [3.05, 3.63) is 34.7 Å². The van der Waals surface area contributed by atoms with Crippen LogP contribution in [0.25, 0.3) is 10.1 Å². The van der Waals surface area contributed by atoms with Gasteiger partial charge in [0.1, 0.15) is 5.60 Å². The van der Waals surface area contributed by atoms with Gasteiger partial charge in [-0.2, -0.15) is 0 Å². The average Bonchev–Trinajstić information content (AvgIpc) is 3.43. The third kappa shape index (κ3) is 5.28. The molecule has 158 valence electrons. The monoisotopic (exact) mass is 418 g/mol. The molecule has 2 N–H and O–H groups in total. The van der Waals surface area contributed by atoms with E-state index in [0.29, 0.717) is 23.9 Å². The van der Waals surface area contributed by atoms with Crippen LogP contribution in [0, 0.1) is 5.92 Å². The molecular weight excluding hydrogens is 388 g/mol. The van der Waals surface area contributed by atoms with Gasteiger partial charge in [0, 0.05) is 23.9 Å². The Kier molecular flexibility index (Phi) is 6.19. The highest BCUT2D eigenvalue weighted by Gasteiger charge is 2.43. The Morgan fingerprint density at radius 1 is 1.17 bits per heavy atom. The lowest BCUT2D eigenvalue weighted by atomic mass is 9.95. The summed E-state index contributed by atoms with van der Waals surface area (Å²) < 4.78 is 11.8. The number of thiophene rings is 1. The Balaban J connectivity index is 1.77. The highest BCUT2D eigenvalue weighted by atomic mass is 32.1. The van der Waals surface area contributed by atoms with Gasteiger partial charge in [-0.3, -0.25) is 4.79 Å². The number of benzene rings is 1. The average molecular weight is 419 g/mol. The van der Waals surface area contributed by atoms with Crippen LogP contribution in [0.4, 0.5) is 4.79 Å². The molecule has 0 saturated heterocycles. The van der Waals surface area contributed by atoms with E-state index in [0.717, 1.165) is 28.5 Å². The third-order valence-corrected chi connectivity index (χ3v) is 6.28. The Labute approximate surface area is 176 Å². The summed E-state index contributed by atoms with van der Waals surface area (Å²) >= 11 is 1.47. The zero-order chi connectivity index (χ0) is 21.2. The summed E-state index contributed by atoms with van der Waals surface area (Å²) in [6, 6.07) is 7.96. The van der Waals surface area contributed by atoms with Crippen LogP contribution in [0.5, 0.6) is 0 Å². The molecule has 6 nitrogen and oxygen atoms in total. The Morgan fingerprint density at radius 3 is 2.48 bits per heavy atom. The predicted octanol–water partition coefficient (Wildman–Crippen LogP) is 4.47. The lowest BCUT2D eigenvalue weighted by Gasteiger charge is -2.32. The van der Waals surface area contributed by atoms with Crippen LogP contribution < -0.4 is 10.6 Å². The van der Waals surface area contributed by atoms with Gasteiger partial charge >= 0.3 is 6.09 Å². The fourth-order valence-electron chi connectivity index (χ4n) is 3.47. The molecule has 0 radical (unpaired) electrons. The number of nitrogens with one attached hydrogen (secondary N) is 2. The minimum atomic E-state index is -0.560. The summed E-state index contributed by atoms with van der Waals surface area (Å²) in [5.74, 6) is 0.209. The third-order valence-electron chi connectivity index (χ3n) is 5.07. The summed E-state index contributed by atoms with van der Waals surface area (Å²) in [6.07, 6.45) is 1.59. The first kappa shape index (κ1) is 21.6. The van der Waals surface area contributed by atoms with Gasteiger partial charge in [-0.15, -0.1) is 11.3 Å². The maximum atomic E-state index is 13.2. The van der Waals surface area contributed by atoms with E-state index >= 15 is 0 Å². The van der Waals surface area contributed by atoms with Crippen molar-refractivity contribution < 1.29 is 19.1 Å². The van der Waals surface area contributed by atoms with Crippen LogP contribution in [0.15, 0.2) is 24.3 Å². The second kappa shape index (κ2) is 8.32. The number of rotatable bonds is 7. The molecule has 1 heterocycles. The Hall–Kier alpha value is -2.12. The van der Waals surface area contributed by atoms with Crippen molar-refractivity contribution in [2.24, 2.45) is 5.92 Å². The van der Waals surface area contributed by atoms with Gasteiger partial charge in [-0.1, -0.05) is 18.2 Å². The van der Waals surface area contributed by atoms with Crippen molar-refractivity contribution in [1.82, 2.24) is 10.6 Å². The summed E-state index contributed by atoms with van der Waals surface area (Å²) in [5.41, 5.74) is -0.187. The zero-order valence-electron chi connectivity index (χ0n) is 17.8. The summed E-state index contributed by atoms with van der Waals surface area (Å²) in [4.78, 5) is 26.0. The highest BCUT2D eigenvalue weighted by molar-refractivity contribution is 7.21. The summed E-state index contributed by atoms with van der Waals surface area (Å²) in [5, 5.41) is 7.07. The fraction of sp³-hybridized carbons (Fsp3) is 0.545. The van der Waals surface area contributed by atoms with Gasteiger partial charge in [0.25, 0.3) is 5.91 Å². The molecular formula is C22H30N2O4S. The lowest BCUT2D eigenvalue weighted by molar-refractivity contribution is 0.0502. The summed E-state index contributed by atoms with van der Waals surface area (Å²) in [7, 11) is 1.63. The van der Waals surface area contributed by atoms with E-state index in [1.165, 1.54) is 11.3 Å². The minimum absolute atomic E-state index is 0.126. The molecule has 1 aliphatic rings. The van der Waals surface area contributed by atoms with Gasteiger partial charge in [-0.25, -0.2) is 4.79 Å². The van der Waals surface area contributed by atoms with Gasteiger partial charge in [-0.05, 0) is 57.9 Å². The van der Waals surface area contributed by atoms with Crippen molar-refractivity contribution in [2.75, 3.05) is 13.7 Å². The molecule has 1 aromatic carbocycles. The quantitative estimate of drug-likeness (QED) is 0.695. The number of amides is 2. The molecule has 1 unspecified atom stereocenters. The maximum Gasteiger partial charge on any atom is 0.407 e. The smallest absolute Gasteiger partial charge is 0.407 e. The van der Waals surface area contributed by atoms with Crippen LogP contribution >= 0.6 is 11.3 Å². The molecule has 1 aliphatic carbocycles. The van der Waals surface area contributed by atoms with Gasteiger partial charge in [0.2, 0.25) is 0 Å². The van der Waals surface area contributed by atoms with Gasteiger partial charge < -0.3 is 20.1 Å². The number of hydrogen-bond donors (Lipinski definition) is 2. The number of carbonyl (C=O) groups is 2. The van der Waals surface area contributed by atoms with Crippen LogP contribution in [-0.4, -0.2) is 36.8 Å². The lowest BCUT2D eigenvalue weighted by Crippen LogP contribution is -2.55. The number of methoxy groups -OCH3 is 1. The maximum absolute atomic E-state index is 13.2. The van der Waals surface area contributed by atoms with E-state index < -0.39 is 17.2 Å². The zero-order valence-corrected chi connectivity index (χ0v) is 18.6. The fourth-order valence-corrected chi connectivity index (χ4v) is 4.57. The molecule has 2 aromatic rings. The molecule has 1 aromatic heterocycles. The molecule has 2 amide bonds. The van der Waals surface area contributed by atoms with E-state index in [1.54, 1.807) is 7.11 Å². The molecule has 1 saturated carbocycles. The molecule has 29 heavy (non-hydrogen) atoms. The number of ether oxygens (including phenoxy) is 2. The standard InChI is InChI=1S/C22H30N2O4S/c1-21(2,3)28-20(26)23-13-22(4,14-10-11-14)24-19(25)18-16(12-27-5)15-8-6-7-9-17(15)29-18/h6-9,14H,10-13H2,1-5H3,(H,23,26)(H,24,25). The molecule has 0 bridgehead atoms. The largest absolute Gasteiger partial charge is 0.444 e. The molecule has 7 heteroatoms. The number of alkyl carbamates (subject to hydrolysis) is 1. The predicted molar refractivity (Wildman–Crippen MR) is 115 cm³/mol. The molecule has 0 aliphatic heterocycles. The van der Waals surface area contributed by atoms with Crippen LogP contribution in [0.1, 0.15) is 55.8 Å². The minimum Gasteiger partial charge on any atom is -0.444 e. The second-order valence-electron chi connectivity index (χ2n) is 8.84. The SMILES string of the molecule is COCc1c(C(=O)NC(C)(CNC(=O)OC(C)(C)C)C2CC2)sc2ccccc12. The van der Waals surface area contributed by atoms with Gasteiger partial charge in [0.15, 0.2) is 0 Å². The topological polar surface area (TPSA) is 76.7 Å². The highest BCUT2D eigenvalue weighted by Crippen LogP contribution is 2.40. The van der Waals surface area contributed by atoms with E-state index in [4.69, 9.17) is 9.47 Å².